The number of rotatable bonds is 8. The lowest BCUT2D eigenvalue weighted by Gasteiger charge is -2.30. The molecule has 0 bridgehead atoms. The molecule has 0 saturated carbocycles. The topological polar surface area (TPSA) is 70.1 Å². The lowest BCUT2D eigenvalue weighted by Crippen LogP contribution is -2.42. The largest absolute Gasteiger partial charge is 0.355 e. The van der Waals surface area contributed by atoms with Crippen LogP contribution in [0.25, 0.3) is 10.9 Å². The summed E-state index contributed by atoms with van der Waals surface area (Å²) in [5.41, 5.74) is 0.550. The Labute approximate surface area is 159 Å². The zero-order chi connectivity index (χ0) is 19.3. The molecule has 1 heterocycles. The van der Waals surface area contributed by atoms with Crippen LogP contribution in [0.5, 0.6) is 0 Å². The summed E-state index contributed by atoms with van der Waals surface area (Å²) < 4.78 is 1.79. The molecule has 0 aliphatic heterocycles. The second-order valence-corrected chi connectivity index (χ2v) is 7.34. The van der Waals surface area contributed by atoms with Gasteiger partial charge in [-0.15, -0.1) is 0 Å². The predicted molar refractivity (Wildman–Crippen MR) is 108 cm³/mol. The first kappa shape index (κ1) is 20.3. The lowest BCUT2D eigenvalue weighted by atomic mass is 10.2. The molecular formula is C19H28N4O2S. The van der Waals surface area contributed by atoms with Gasteiger partial charge in [0.2, 0.25) is 5.91 Å². The SMILES string of the molecule is CC(C)N(CCNC(=O)CCn1c(=S)[nH]c2ccccc2c1=O)C(C)C. The van der Waals surface area contributed by atoms with Crippen LogP contribution in [-0.4, -0.2) is 45.5 Å². The Morgan fingerprint density at radius 1 is 1.23 bits per heavy atom. The van der Waals surface area contributed by atoms with Crippen molar-refractivity contribution in [1.82, 2.24) is 19.8 Å². The van der Waals surface area contributed by atoms with Gasteiger partial charge >= 0.3 is 0 Å². The third-order valence-corrected chi connectivity index (χ3v) is 4.79. The van der Waals surface area contributed by atoms with E-state index in [0.717, 1.165) is 6.54 Å². The lowest BCUT2D eigenvalue weighted by molar-refractivity contribution is -0.121. The zero-order valence-electron chi connectivity index (χ0n) is 15.9. The van der Waals surface area contributed by atoms with E-state index in [1.54, 1.807) is 6.07 Å². The third-order valence-electron chi connectivity index (χ3n) is 4.47. The van der Waals surface area contributed by atoms with Crippen LogP contribution >= 0.6 is 12.2 Å². The Hall–Kier alpha value is -1.99. The summed E-state index contributed by atoms with van der Waals surface area (Å²) in [5.74, 6) is -0.0769. The first-order valence-electron chi connectivity index (χ1n) is 9.05. The van der Waals surface area contributed by atoms with Gasteiger partial charge in [-0.2, -0.15) is 0 Å². The molecule has 6 nitrogen and oxygen atoms in total. The molecule has 2 N–H and O–H groups in total. The summed E-state index contributed by atoms with van der Waals surface area (Å²) in [6, 6.07) is 8.10. The van der Waals surface area contributed by atoms with Crippen LogP contribution in [0.3, 0.4) is 0 Å². The van der Waals surface area contributed by atoms with Crippen molar-refractivity contribution >= 4 is 29.0 Å². The fraction of sp³-hybridized carbons (Fsp3) is 0.526. The summed E-state index contributed by atoms with van der Waals surface area (Å²) in [6.45, 7) is 10.3. The van der Waals surface area contributed by atoms with Gasteiger partial charge < -0.3 is 10.3 Å². The van der Waals surface area contributed by atoms with Crippen LogP contribution in [0.1, 0.15) is 34.1 Å². The van der Waals surface area contributed by atoms with Crippen LogP contribution < -0.4 is 10.9 Å². The van der Waals surface area contributed by atoms with E-state index in [1.807, 2.05) is 18.2 Å². The van der Waals surface area contributed by atoms with Crippen molar-refractivity contribution in [1.29, 1.82) is 0 Å². The van der Waals surface area contributed by atoms with Gasteiger partial charge in [-0.1, -0.05) is 12.1 Å². The third kappa shape index (κ3) is 5.02. The van der Waals surface area contributed by atoms with Gasteiger partial charge in [0.05, 0.1) is 10.9 Å². The molecule has 0 atom stereocenters. The molecule has 1 aromatic carbocycles. The maximum absolute atomic E-state index is 12.6. The highest BCUT2D eigenvalue weighted by Gasteiger charge is 2.13. The van der Waals surface area contributed by atoms with Gasteiger partial charge in [-0.25, -0.2) is 0 Å². The number of hydrogen-bond donors (Lipinski definition) is 2. The minimum absolute atomic E-state index is 0.0769. The van der Waals surface area contributed by atoms with Crippen LogP contribution in [0, 0.1) is 4.77 Å². The van der Waals surface area contributed by atoms with Gasteiger partial charge in [0.25, 0.3) is 5.56 Å². The molecule has 0 aliphatic carbocycles. The second kappa shape index (κ2) is 9.09. The number of benzene rings is 1. The number of carbonyl (C=O) groups excluding carboxylic acids is 1. The average Bonchev–Trinajstić information content (AvgIpc) is 2.57. The van der Waals surface area contributed by atoms with Crippen molar-refractivity contribution in [3.63, 3.8) is 0 Å². The van der Waals surface area contributed by atoms with E-state index in [1.165, 1.54) is 4.57 Å². The van der Waals surface area contributed by atoms with E-state index in [-0.39, 0.29) is 24.4 Å². The first-order valence-corrected chi connectivity index (χ1v) is 9.46. The number of fused-ring (bicyclic) bond motifs is 1. The van der Waals surface area contributed by atoms with Gasteiger partial charge in [0.1, 0.15) is 0 Å². The average molecular weight is 377 g/mol. The molecule has 7 heteroatoms. The number of nitrogens with zero attached hydrogens (tertiary/aromatic N) is 2. The Balaban J connectivity index is 1.95. The molecule has 0 fully saturated rings. The molecule has 0 saturated heterocycles. The van der Waals surface area contributed by atoms with Crippen molar-refractivity contribution in [3.05, 3.63) is 39.4 Å². The quantitative estimate of drug-likeness (QED) is 0.695. The van der Waals surface area contributed by atoms with Crippen molar-refractivity contribution in [3.8, 4) is 0 Å². The van der Waals surface area contributed by atoms with Gasteiger partial charge in [-0.3, -0.25) is 19.1 Å². The Morgan fingerprint density at radius 2 is 1.88 bits per heavy atom. The minimum Gasteiger partial charge on any atom is -0.355 e. The minimum atomic E-state index is -0.164. The fourth-order valence-electron chi connectivity index (χ4n) is 3.14. The summed E-state index contributed by atoms with van der Waals surface area (Å²) in [4.78, 5) is 30.1. The monoisotopic (exact) mass is 376 g/mol. The molecule has 0 unspecified atom stereocenters. The number of H-pyrrole nitrogens is 1. The van der Waals surface area contributed by atoms with E-state index in [4.69, 9.17) is 12.2 Å². The van der Waals surface area contributed by atoms with Crippen molar-refractivity contribution in [2.75, 3.05) is 13.1 Å². The van der Waals surface area contributed by atoms with Crippen molar-refractivity contribution in [2.45, 2.75) is 52.7 Å². The van der Waals surface area contributed by atoms with E-state index in [9.17, 15) is 9.59 Å². The molecule has 1 aromatic heterocycles. The highest BCUT2D eigenvalue weighted by atomic mass is 32.1. The number of amides is 1. The van der Waals surface area contributed by atoms with Crippen LogP contribution in [0.4, 0.5) is 0 Å². The van der Waals surface area contributed by atoms with Crippen LogP contribution in [0.15, 0.2) is 29.1 Å². The molecule has 0 spiro atoms. The second-order valence-electron chi connectivity index (χ2n) is 6.96. The predicted octanol–water partition coefficient (Wildman–Crippen LogP) is 2.68. The Morgan fingerprint density at radius 3 is 2.54 bits per heavy atom. The summed E-state index contributed by atoms with van der Waals surface area (Å²) in [7, 11) is 0. The summed E-state index contributed by atoms with van der Waals surface area (Å²) >= 11 is 5.27. The summed E-state index contributed by atoms with van der Waals surface area (Å²) in [6.07, 6.45) is 0.221. The van der Waals surface area contributed by atoms with E-state index < -0.39 is 0 Å². The van der Waals surface area contributed by atoms with Crippen molar-refractivity contribution < 1.29 is 4.79 Å². The molecule has 142 valence electrons. The highest BCUT2D eigenvalue weighted by Crippen LogP contribution is 2.06. The van der Waals surface area contributed by atoms with Gasteiger partial charge in [-0.05, 0) is 52.0 Å². The van der Waals surface area contributed by atoms with E-state index >= 15 is 0 Å². The maximum atomic E-state index is 12.6. The van der Waals surface area contributed by atoms with Gasteiger partial charge in [0, 0.05) is 38.1 Å². The molecule has 0 aliphatic rings. The molecule has 2 aromatic rings. The number of aromatic amines is 1. The smallest absolute Gasteiger partial charge is 0.262 e. The number of hydrogen-bond acceptors (Lipinski definition) is 4. The van der Waals surface area contributed by atoms with Crippen LogP contribution in [0.2, 0.25) is 0 Å². The normalized spacial score (nSPS) is 11.7. The van der Waals surface area contributed by atoms with Gasteiger partial charge in [0.15, 0.2) is 4.77 Å². The van der Waals surface area contributed by atoms with Crippen LogP contribution in [-0.2, 0) is 11.3 Å². The van der Waals surface area contributed by atoms with Crippen molar-refractivity contribution in [2.24, 2.45) is 0 Å². The Kier molecular flexibility index (Phi) is 7.11. The summed E-state index contributed by atoms with van der Waals surface area (Å²) in [5, 5.41) is 3.50. The number of aromatic nitrogens is 2. The molecule has 1 amide bonds. The van der Waals surface area contributed by atoms with E-state index in [0.29, 0.717) is 34.3 Å². The highest BCUT2D eigenvalue weighted by molar-refractivity contribution is 7.71. The molecule has 2 rings (SSSR count). The van der Waals surface area contributed by atoms with E-state index in [2.05, 4.69) is 42.9 Å². The molecule has 26 heavy (non-hydrogen) atoms. The fourth-order valence-corrected chi connectivity index (χ4v) is 3.43. The number of nitrogens with one attached hydrogen (secondary N) is 2. The molecular weight excluding hydrogens is 348 g/mol. The molecule has 0 radical (unpaired) electrons. The number of para-hydroxylation sites is 1. The standard InChI is InChI=1S/C19H28N4O2S/c1-13(2)22(14(3)4)12-10-20-17(24)9-11-23-18(25)15-7-5-6-8-16(15)21-19(23)26/h5-8,13-14H,9-12H2,1-4H3,(H,20,24)(H,21,26). The maximum Gasteiger partial charge on any atom is 0.262 e. The zero-order valence-corrected chi connectivity index (χ0v) is 16.7. The Bertz CT molecular complexity index is 862. The number of carbonyl (C=O) groups is 1. The first-order chi connectivity index (χ1) is 12.3.